The summed E-state index contributed by atoms with van der Waals surface area (Å²) in [6.07, 6.45) is 0.466. The standard InChI is InChI=1S/C17H26N4O2/c1-20(2)10-9-18-17(23)19-12-14-11-15(22)21(3)16(14)13-7-5-4-6-8-13/h4-8,14,16H,9-12H2,1-3H3,(H2,18,19,23)/t14-,16+/m1/s1. The van der Waals surface area contributed by atoms with Gasteiger partial charge in [-0.2, -0.15) is 0 Å². The summed E-state index contributed by atoms with van der Waals surface area (Å²) >= 11 is 0. The van der Waals surface area contributed by atoms with Gasteiger partial charge < -0.3 is 20.4 Å². The van der Waals surface area contributed by atoms with Crippen LogP contribution >= 0.6 is 0 Å². The first kappa shape index (κ1) is 17.3. The van der Waals surface area contributed by atoms with Gasteiger partial charge in [0.2, 0.25) is 5.91 Å². The third-order valence-corrected chi connectivity index (χ3v) is 4.20. The molecule has 1 saturated heterocycles. The second-order valence-corrected chi connectivity index (χ2v) is 6.26. The predicted molar refractivity (Wildman–Crippen MR) is 90.0 cm³/mol. The Morgan fingerprint density at radius 2 is 1.96 bits per heavy atom. The maximum Gasteiger partial charge on any atom is 0.314 e. The fourth-order valence-corrected chi connectivity index (χ4v) is 2.96. The largest absolute Gasteiger partial charge is 0.338 e. The predicted octanol–water partition coefficient (Wildman–Crippen LogP) is 1.07. The van der Waals surface area contributed by atoms with Crippen molar-refractivity contribution < 1.29 is 9.59 Å². The van der Waals surface area contributed by atoms with Gasteiger partial charge in [0, 0.05) is 39.0 Å². The Morgan fingerprint density at radius 1 is 1.26 bits per heavy atom. The number of rotatable bonds is 6. The van der Waals surface area contributed by atoms with E-state index in [1.807, 2.05) is 56.4 Å². The van der Waals surface area contributed by atoms with Crippen LogP contribution in [0.15, 0.2) is 30.3 Å². The number of benzene rings is 1. The zero-order valence-corrected chi connectivity index (χ0v) is 14.1. The molecule has 0 spiro atoms. The van der Waals surface area contributed by atoms with Crippen LogP contribution in [0.2, 0.25) is 0 Å². The lowest BCUT2D eigenvalue weighted by molar-refractivity contribution is -0.127. The molecular weight excluding hydrogens is 292 g/mol. The van der Waals surface area contributed by atoms with Gasteiger partial charge in [0.15, 0.2) is 0 Å². The van der Waals surface area contributed by atoms with Gasteiger partial charge in [0.05, 0.1) is 6.04 Å². The van der Waals surface area contributed by atoms with E-state index < -0.39 is 0 Å². The number of urea groups is 1. The number of hydrogen-bond acceptors (Lipinski definition) is 3. The lowest BCUT2D eigenvalue weighted by atomic mass is 9.94. The van der Waals surface area contributed by atoms with Crippen molar-refractivity contribution in [3.8, 4) is 0 Å². The normalized spacial score (nSPS) is 20.9. The molecular formula is C17H26N4O2. The molecule has 0 unspecified atom stereocenters. The topological polar surface area (TPSA) is 64.7 Å². The van der Waals surface area contributed by atoms with Gasteiger partial charge in [-0.15, -0.1) is 0 Å². The fraction of sp³-hybridized carbons (Fsp3) is 0.529. The first-order chi connectivity index (χ1) is 11.0. The Morgan fingerprint density at radius 3 is 2.61 bits per heavy atom. The third kappa shape index (κ3) is 4.69. The van der Waals surface area contributed by atoms with Crippen LogP contribution in [0.5, 0.6) is 0 Å². The van der Waals surface area contributed by atoms with E-state index in [0.29, 0.717) is 19.5 Å². The van der Waals surface area contributed by atoms with E-state index >= 15 is 0 Å². The van der Waals surface area contributed by atoms with Crippen molar-refractivity contribution in [1.29, 1.82) is 0 Å². The number of likely N-dealkylation sites (N-methyl/N-ethyl adjacent to an activating group) is 1. The smallest absolute Gasteiger partial charge is 0.314 e. The van der Waals surface area contributed by atoms with Crippen LogP contribution < -0.4 is 10.6 Å². The molecule has 1 aromatic carbocycles. The fourth-order valence-electron chi connectivity index (χ4n) is 2.96. The van der Waals surface area contributed by atoms with Crippen LogP contribution in [0.25, 0.3) is 0 Å². The summed E-state index contributed by atoms with van der Waals surface area (Å²) in [5.41, 5.74) is 1.11. The number of carbonyl (C=O) groups is 2. The highest BCUT2D eigenvalue weighted by molar-refractivity contribution is 5.80. The zero-order valence-electron chi connectivity index (χ0n) is 14.1. The summed E-state index contributed by atoms with van der Waals surface area (Å²) in [5, 5.41) is 5.72. The summed E-state index contributed by atoms with van der Waals surface area (Å²) in [5.74, 6) is 0.216. The molecule has 0 radical (unpaired) electrons. The molecule has 0 aliphatic carbocycles. The minimum atomic E-state index is -0.180. The van der Waals surface area contributed by atoms with Crippen LogP contribution in [0, 0.1) is 5.92 Å². The average Bonchev–Trinajstić information content (AvgIpc) is 2.80. The molecule has 1 heterocycles. The average molecular weight is 318 g/mol. The molecule has 2 atom stereocenters. The number of nitrogens with zero attached hydrogens (tertiary/aromatic N) is 2. The highest BCUT2D eigenvalue weighted by Crippen LogP contribution is 2.36. The molecule has 126 valence electrons. The Bertz CT molecular complexity index is 533. The highest BCUT2D eigenvalue weighted by atomic mass is 16.2. The molecule has 1 aromatic rings. The minimum Gasteiger partial charge on any atom is -0.338 e. The summed E-state index contributed by atoms with van der Waals surface area (Å²) in [7, 11) is 5.76. The van der Waals surface area contributed by atoms with Gasteiger partial charge in [0.25, 0.3) is 0 Å². The summed E-state index contributed by atoms with van der Waals surface area (Å²) < 4.78 is 0. The molecule has 6 heteroatoms. The van der Waals surface area contributed by atoms with Crippen molar-refractivity contribution >= 4 is 11.9 Å². The van der Waals surface area contributed by atoms with E-state index in [1.54, 1.807) is 4.90 Å². The molecule has 3 amide bonds. The number of hydrogen-bond donors (Lipinski definition) is 2. The van der Waals surface area contributed by atoms with E-state index in [9.17, 15) is 9.59 Å². The second kappa shape index (κ2) is 7.97. The van der Waals surface area contributed by atoms with Crippen molar-refractivity contribution in [2.75, 3.05) is 40.8 Å². The monoisotopic (exact) mass is 318 g/mol. The number of carbonyl (C=O) groups excluding carboxylic acids is 2. The van der Waals surface area contributed by atoms with E-state index in [0.717, 1.165) is 12.1 Å². The van der Waals surface area contributed by atoms with Crippen molar-refractivity contribution in [2.24, 2.45) is 5.92 Å². The van der Waals surface area contributed by atoms with Crippen molar-refractivity contribution in [3.63, 3.8) is 0 Å². The molecule has 23 heavy (non-hydrogen) atoms. The van der Waals surface area contributed by atoms with Crippen LogP contribution in [-0.2, 0) is 4.79 Å². The van der Waals surface area contributed by atoms with Crippen molar-refractivity contribution in [2.45, 2.75) is 12.5 Å². The summed E-state index contributed by atoms with van der Waals surface area (Å²) in [6, 6.07) is 9.82. The van der Waals surface area contributed by atoms with E-state index in [2.05, 4.69) is 10.6 Å². The lowest BCUT2D eigenvalue weighted by Crippen LogP contribution is -2.41. The van der Waals surface area contributed by atoms with Crippen LogP contribution in [0.3, 0.4) is 0 Å². The molecule has 1 aliphatic rings. The van der Waals surface area contributed by atoms with E-state index in [1.165, 1.54) is 0 Å². The van der Waals surface area contributed by atoms with Crippen LogP contribution in [0.1, 0.15) is 18.0 Å². The van der Waals surface area contributed by atoms with Gasteiger partial charge >= 0.3 is 6.03 Å². The Hall–Kier alpha value is -2.08. The zero-order chi connectivity index (χ0) is 16.8. The molecule has 0 saturated carbocycles. The number of likely N-dealkylation sites (tertiary alicyclic amines) is 1. The second-order valence-electron chi connectivity index (χ2n) is 6.26. The Kier molecular flexibility index (Phi) is 5.98. The van der Waals surface area contributed by atoms with Gasteiger partial charge in [-0.05, 0) is 19.7 Å². The Labute approximate surface area is 137 Å². The van der Waals surface area contributed by atoms with Gasteiger partial charge in [-0.3, -0.25) is 4.79 Å². The maximum atomic E-state index is 12.1. The SMILES string of the molecule is CN(C)CCNC(=O)NC[C@H]1CC(=O)N(C)[C@H]1c1ccccc1. The lowest BCUT2D eigenvalue weighted by Gasteiger charge is -2.25. The first-order valence-electron chi connectivity index (χ1n) is 7.96. The van der Waals surface area contributed by atoms with Gasteiger partial charge in [-0.25, -0.2) is 4.79 Å². The maximum absolute atomic E-state index is 12.1. The molecule has 1 fully saturated rings. The number of amides is 3. The van der Waals surface area contributed by atoms with Gasteiger partial charge in [-0.1, -0.05) is 30.3 Å². The van der Waals surface area contributed by atoms with E-state index in [-0.39, 0.29) is 23.9 Å². The Balaban J connectivity index is 1.90. The first-order valence-corrected chi connectivity index (χ1v) is 7.96. The highest BCUT2D eigenvalue weighted by Gasteiger charge is 2.38. The minimum absolute atomic E-state index is 0.0192. The molecule has 2 rings (SSSR count). The molecule has 0 aromatic heterocycles. The molecule has 6 nitrogen and oxygen atoms in total. The summed E-state index contributed by atoms with van der Waals surface area (Å²) in [6.45, 7) is 1.89. The van der Waals surface area contributed by atoms with Crippen LogP contribution in [0.4, 0.5) is 4.79 Å². The van der Waals surface area contributed by atoms with Crippen LogP contribution in [-0.4, -0.2) is 62.5 Å². The number of nitrogens with one attached hydrogen (secondary N) is 2. The van der Waals surface area contributed by atoms with Crippen molar-refractivity contribution in [1.82, 2.24) is 20.4 Å². The molecule has 2 N–H and O–H groups in total. The summed E-state index contributed by atoms with van der Waals surface area (Å²) in [4.78, 5) is 27.7. The van der Waals surface area contributed by atoms with Gasteiger partial charge in [0.1, 0.15) is 0 Å². The third-order valence-electron chi connectivity index (χ3n) is 4.20. The van der Waals surface area contributed by atoms with E-state index in [4.69, 9.17) is 0 Å². The quantitative estimate of drug-likeness (QED) is 0.824. The van der Waals surface area contributed by atoms with Crippen molar-refractivity contribution in [3.05, 3.63) is 35.9 Å². The molecule has 1 aliphatic heterocycles. The molecule has 0 bridgehead atoms.